The number of esters is 1. The number of amides is 1. The molecule has 0 aliphatic heterocycles. The van der Waals surface area contributed by atoms with Gasteiger partial charge < -0.3 is 18.9 Å². The Bertz CT molecular complexity index is 1440. The van der Waals surface area contributed by atoms with Crippen LogP contribution in [0.25, 0.3) is 0 Å². The van der Waals surface area contributed by atoms with E-state index in [9.17, 15) is 9.59 Å². The van der Waals surface area contributed by atoms with Crippen molar-refractivity contribution < 1.29 is 28.5 Å². The monoisotopic (exact) mass is 601 g/mol. The van der Waals surface area contributed by atoms with Crippen LogP contribution < -0.4 is 31.0 Å². The zero-order chi connectivity index (χ0) is 30.7. The van der Waals surface area contributed by atoms with E-state index < -0.39 is 23.1 Å². The molecular formula is C33H35N3O6S. The van der Waals surface area contributed by atoms with Crippen molar-refractivity contribution in [3.05, 3.63) is 125 Å². The number of hydrogen-bond acceptors (Lipinski definition) is 9. The summed E-state index contributed by atoms with van der Waals surface area (Å²) in [7, 11) is 3.11. The van der Waals surface area contributed by atoms with Crippen LogP contribution in [0.1, 0.15) is 28.7 Å². The number of benzene rings is 4. The Hall–Kier alpha value is -4.51. The molecule has 10 heteroatoms. The summed E-state index contributed by atoms with van der Waals surface area (Å²) in [5.41, 5.74) is 14.5. The first kappa shape index (κ1) is 31.4. The lowest BCUT2D eigenvalue weighted by Gasteiger charge is -2.35. The molecule has 1 amide bonds. The Morgan fingerprint density at radius 1 is 0.791 bits per heavy atom. The van der Waals surface area contributed by atoms with Crippen LogP contribution >= 0.6 is 11.8 Å². The Morgan fingerprint density at radius 2 is 1.40 bits per heavy atom. The number of rotatable bonds is 13. The molecule has 5 N–H and O–H groups in total. The number of nitrogens with two attached hydrogens (primary N) is 2. The van der Waals surface area contributed by atoms with Crippen LogP contribution in [-0.4, -0.2) is 38.3 Å². The normalized spacial score (nSPS) is 11.1. The summed E-state index contributed by atoms with van der Waals surface area (Å²) in [6.07, 6.45) is -1.63. The van der Waals surface area contributed by atoms with Crippen molar-refractivity contribution in [1.82, 2.24) is 5.32 Å². The van der Waals surface area contributed by atoms with Gasteiger partial charge in [-0.1, -0.05) is 78.9 Å². The second-order valence-electron chi connectivity index (χ2n) is 9.45. The van der Waals surface area contributed by atoms with Gasteiger partial charge in [0.2, 0.25) is 0 Å². The van der Waals surface area contributed by atoms with Crippen LogP contribution in [0.3, 0.4) is 0 Å². The first-order valence-corrected chi connectivity index (χ1v) is 14.6. The van der Waals surface area contributed by atoms with Crippen molar-refractivity contribution in [2.24, 2.45) is 11.5 Å². The number of methoxy groups -OCH3 is 2. The molecule has 0 bridgehead atoms. The van der Waals surface area contributed by atoms with Crippen molar-refractivity contribution in [2.45, 2.75) is 24.1 Å². The average molecular weight is 602 g/mol. The van der Waals surface area contributed by atoms with E-state index in [1.165, 1.54) is 7.11 Å². The summed E-state index contributed by atoms with van der Waals surface area (Å²) in [4.78, 5) is 24.7. The van der Waals surface area contributed by atoms with Gasteiger partial charge in [0.05, 0.1) is 25.4 Å². The third-order valence-corrected chi connectivity index (χ3v) is 8.14. The molecule has 0 fully saturated rings. The molecular weight excluding hydrogens is 566 g/mol. The third kappa shape index (κ3) is 8.07. The molecule has 0 saturated carbocycles. The van der Waals surface area contributed by atoms with Crippen molar-refractivity contribution in [3.8, 4) is 17.2 Å². The van der Waals surface area contributed by atoms with Gasteiger partial charge >= 0.3 is 12.1 Å². The van der Waals surface area contributed by atoms with Crippen LogP contribution in [0.15, 0.2) is 103 Å². The summed E-state index contributed by atoms with van der Waals surface area (Å²) in [6, 6.07) is 33.4. The van der Waals surface area contributed by atoms with E-state index in [0.29, 0.717) is 17.1 Å². The highest BCUT2D eigenvalue weighted by Gasteiger charge is 2.37. The highest BCUT2D eigenvalue weighted by Crippen LogP contribution is 2.49. The Kier molecular flexibility index (Phi) is 11.0. The second kappa shape index (κ2) is 15.1. The fourth-order valence-corrected chi connectivity index (χ4v) is 6.08. The molecule has 43 heavy (non-hydrogen) atoms. The summed E-state index contributed by atoms with van der Waals surface area (Å²) in [6.45, 7) is -0.0494. The number of carbonyl (C=O) groups excluding carboxylic acids is 2. The lowest BCUT2D eigenvalue weighted by atomic mass is 9.84. The molecule has 0 aliphatic carbocycles. The van der Waals surface area contributed by atoms with Gasteiger partial charge in [0.15, 0.2) is 11.5 Å². The lowest BCUT2D eigenvalue weighted by Crippen LogP contribution is -2.48. The van der Waals surface area contributed by atoms with E-state index in [0.717, 1.165) is 22.4 Å². The molecule has 0 spiro atoms. The van der Waals surface area contributed by atoms with E-state index in [4.69, 9.17) is 30.4 Å². The second-order valence-corrected chi connectivity index (χ2v) is 10.8. The fraction of sp³-hybridized carbons (Fsp3) is 0.212. The molecule has 0 aliphatic rings. The number of alkyl carbamates (subject to hydrolysis) is 1. The summed E-state index contributed by atoms with van der Waals surface area (Å²) < 4.78 is 21.0. The highest BCUT2D eigenvalue weighted by molar-refractivity contribution is 8.00. The SMILES string of the molecule is COc1ccc(C(SCCC(=O)Oc2ccc(COC(=O)NC(N)N)cc2OC)(c2ccccc2)c2ccccc2)cc1. The Labute approximate surface area is 255 Å². The maximum absolute atomic E-state index is 13.1. The van der Waals surface area contributed by atoms with Gasteiger partial charge in [0.1, 0.15) is 18.6 Å². The van der Waals surface area contributed by atoms with Gasteiger partial charge in [-0.3, -0.25) is 21.6 Å². The number of hydrogen-bond donors (Lipinski definition) is 3. The number of nitrogens with one attached hydrogen (secondary N) is 1. The summed E-state index contributed by atoms with van der Waals surface area (Å²) in [5.74, 6) is 1.43. The van der Waals surface area contributed by atoms with E-state index in [1.807, 2.05) is 48.5 Å². The molecule has 0 heterocycles. The molecule has 224 valence electrons. The molecule has 0 aromatic heterocycles. The standard InChI is InChI=1S/C33H35N3O6S/c1-39-27-16-14-26(15-17-27)33(24-9-5-3-6-10-24,25-11-7-4-8-12-25)43-20-19-30(37)42-28-18-13-23(21-29(28)40-2)22-41-32(38)36-31(34)35/h3-18,21,31H,19-20,22,34-35H2,1-2H3,(H,36,38). The van der Waals surface area contributed by atoms with Gasteiger partial charge in [-0.2, -0.15) is 0 Å². The average Bonchev–Trinajstić information content (AvgIpc) is 3.03. The molecule has 9 nitrogen and oxygen atoms in total. The smallest absolute Gasteiger partial charge is 0.409 e. The van der Waals surface area contributed by atoms with Crippen molar-refractivity contribution in [3.63, 3.8) is 0 Å². The number of thioether (sulfide) groups is 1. The van der Waals surface area contributed by atoms with Crippen LogP contribution in [0.5, 0.6) is 17.2 Å². The zero-order valence-corrected chi connectivity index (χ0v) is 24.8. The van der Waals surface area contributed by atoms with Crippen molar-refractivity contribution in [2.75, 3.05) is 20.0 Å². The van der Waals surface area contributed by atoms with Crippen LogP contribution in [0, 0.1) is 0 Å². The summed E-state index contributed by atoms with van der Waals surface area (Å²) in [5, 5.41) is 2.23. The highest BCUT2D eigenvalue weighted by atomic mass is 32.2. The maximum atomic E-state index is 13.1. The van der Waals surface area contributed by atoms with E-state index in [1.54, 1.807) is 37.1 Å². The van der Waals surface area contributed by atoms with Crippen LogP contribution in [-0.2, 0) is 20.9 Å². The van der Waals surface area contributed by atoms with E-state index in [2.05, 4.69) is 41.7 Å². The first-order chi connectivity index (χ1) is 20.8. The maximum Gasteiger partial charge on any atom is 0.409 e. The van der Waals surface area contributed by atoms with Gasteiger partial charge in [0, 0.05) is 5.75 Å². The molecule has 4 rings (SSSR count). The summed E-state index contributed by atoms with van der Waals surface area (Å²) >= 11 is 1.66. The van der Waals surface area contributed by atoms with Gasteiger partial charge in [0.25, 0.3) is 0 Å². The topological polar surface area (TPSA) is 135 Å². The van der Waals surface area contributed by atoms with Crippen LogP contribution in [0.4, 0.5) is 4.79 Å². The zero-order valence-electron chi connectivity index (χ0n) is 24.0. The molecule has 0 atom stereocenters. The van der Waals surface area contributed by atoms with Gasteiger partial charge in [-0.15, -0.1) is 11.8 Å². The van der Waals surface area contributed by atoms with Crippen molar-refractivity contribution >= 4 is 23.8 Å². The molecule has 4 aromatic carbocycles. The van der Waals surface area contributed by atoms with Gasteiger partial charge in [-0.25, -0.2) is 4.79 Å². The minimum atomic E-state index is -1.02. The Balaban J connectivity index is 1.51. The lowest BCUT2D eigenvalue weighted by molar-refractivity contribution is -0.134. The quantitative estimate of drug-likeness (QED) is 0.0823. The van der Waals surface area contributed by atoms with Gasteiger partial charge in [-0.05, 0) is 46.5 Å². The predicted octanol–water partition coefficient (Wildman–Crippen LogP) is 5.15. The molecule has 0 radical (unpaired) electrons. The fourth-order valence-electron chi connectivity index (χ4n) is 4.60. The molecule has 0 unspecified atom stereocenters. The van der Waals surface area contributed by atoms with E-state index in [-0.39, 0.29) is 18.8 Å². The molecule has 0 saturated heterocycles. The van der Waals surface area contributed by atoms with Crippen LogP contribution in [0.2, 0.25) is 0 Å². The first-order valence-electron chi connectivity index (χ1n) is 13.6. The minimum Gasteiger partial charge on any atom is -0.497 e. The number of ether oxygens (including phenoxy) is 4. The minimum absolute atomic E-state index is 0.0494. The Morgan fingerprint density at radius 3 is 1.95 bits per heavy atom. The third-order valence-electron chi connectivity index (χ3n) is 6.59. The van der Waals surface area contributed by atoms with E-state index >= 15 is 0 Å². The molecule has 4 aromatic rings. The predicted molar refractivity (Wildman–Crippen MR) is 167 cm³/mol. The number of carbonyl (C=O) groups is 2. The van der Waals surface area contributed by atoms with Crippen molar-refractivity contribution in [1.29, 1.82) is 0 Å². The largest absolute Gasteiger partial charge is 0.497 e.